The molecule has 0 aliphatic rings. The van der Waals surface area contributed by atoms with E-state index in [-0.39, 0.29) is 26.2 Å². The number of carbonyl (C=O) groups is 2. The Morgan fingerprint density at radius 1 is 0.841 bits per heavy atom. The maximum Gasteiger partial charge on any atom is 0.408 e. The van der Waals surface area contributed by atoms with E-state index >= 15 is 8.78 Å². The van der Waals surface area contributed by atoms with Gasteiger partial charge in [0.1, 0.15) is 18.4 Å². The van der Waals surface area contributed by atoms with Crippen molar-refractivity contribution in [3.63, 3.8) is 0 Å². The van der Waals surface area contributed by atoms with Gasteiger partial charge in [0.15, 0.2) is 0 Å². The molecule has 3 rings (SSSR count). The molecule has 3 aromatic rings. The minimum absolute atomic E-state index is 0.00588. The highest BCUT2D eigenvalue weighted by atomic mass is 31.2. The van der Waals surface area contributed by atoms with Crippen LogP contribution >= 0.6 is 7.60 Å². The van der Waals surface area contributed by atoms with Gasteiger partial charge in [0, 0.05) is 18.5 Å². The van der Waals surface area contributed by atoms with Crippen LogP contribution in [0.25, 0.3) is 0 Å². The van der Waals surface area contributed by atoms with Gasteiger partial charge in [0.05, 0.1) is 19.8 Å². The normalized spacial score (nSPS) is 12.3. The molecule has 0 aliphatic heterocycles. The van der Waals surface area contributed by atoms with Crippen molar-refractivity contribution in [1.29, 1.82) is 0 Å². The molecule has 3 aromatic carbocycles. The van der Waals surface area contributed by atoms with Crippen LogP contribution in [-0.2, 0) is 41.8 Å². The van der Waals surface area contributed by atoms with Crippen LogP contribution < -0.4 is 15.4 Å². The molecule has 0 heterocycles. The molecule has 1 unspecified atom stereocenters. The van der Waals surface area contributed by atoms with Gasteiger partial charge in [0.2, 0.25) is 5.91 Å². The second-order valence-corrected chi connectivity index (χ2v) is 11.8. The number of nitrogens with one attached hydrogen (secondary N) is 2. The topological polar surface area (TPSA) is 112 Å². The van der Waals surface area contributed by atoms with Crippen molar-refractivity contribution in [2.45, 2.75) is 51.4 Å². The number of hydrogen-bond acceptors (Lipinski definition) is 7. The van der Waals surface area contributed by atoms with Gasteiger partial charge in [-0.1, -0.05) is 72.8 Å². The molecule has 2 amide bonds. The lowest BCUT2D eigenvalue weighted by Crippen LogP contribution is -2.48. The summed E-state index contributed by atoms with van der Waals surface area (Å²) in [5, 5.41) is 5.39. The number of benzene rings is 3. The number of carbonyl (C=O) groups excluding carboxylic acids is 2. The summed E-state index contributed by atoms with van der Waals surface area (Å²) in [6.45, 7) is 3.29. The highest BCUT2D eigenvalue weighted by molar-refractivity contribution is 7.54. The molecule has 0 saturated carbocycles. The molecule has 0 spiro atoms. The second-order valence-electron chi connectivity index (χ2n) is 9.69. The van der Waals surface area contributed by atoms with E-state index in [4.69, 9.17) is 18.5 Å². The van der Waals surface area contributed by atoms with E-state index in [1.54, 1.807) is 12.1 Å². The molecule has 2 N–H and O–H groups in total. The number of alkyl halides is 2. The third kappa shape index (κ3) is 10.4. The Labute approximate surface area is 256 Å². The van der Waals surface area contributed by atoms with Crippen LogP contribution in [0.5, 0.6) is 5.75 Å². The predicted octanol–water partition coefficient (Wildman–Crippen LogP) is 6.81. The summed E-state index contributed by atoms with van der Waals surface area (Å²) in [5.74, 6) is 0.300. The van der Waals surface area contributed by atoms with Gasteiger partial charge in [-0.15, -0.1) is 0 Å². The first-order valence-corrected chi connectivity index (χ1v) is 16.0. The largest absolute Gasteiger partial charge is 0.494 e. The van der Waals surface area contributed by atoms with Crippen LogP contribution in [0.3, 0.4) is 0 Å². The zero-order valence-corrected chi connectivity index (χ0v) is 25.8. The minimum atomic E-state index is -4.77. The highest BCUT2D eigenvalue weighted by Crippen LogP contribution is 2.66. The number of halogens is 2. The lowest BCUT2D eigenvalue weighted by atomic mass is 10.0. The van der Waals surface area contributed by atoms with Crippen molar-refractivity contribution >= 4 is 19.6 Å². The number of alkyl carbamates (subject to hydrolysis) is 1. The third-order valence-corrected chi connectivity index (χ3v) is 8.53. The van der Waals surface area contributed by atoms with Crippen molar-refractivity contribution in [2.75, 3.05) is 26.4 Å². The van der Waals surface area contributed by atoms with E-state index in [1.165, 1.54) is 26.0 Å². The standard InChI is InChI=1S/C32H39F2N2O7P/c1-3-42-44(39,43-4-2)32(33,34)27-19-17-25(18-20-27)23-29(36-31(38)41-24-26-13-7-5-8-14-26)30(37)35-21-11-12-22-40-28-15-9-6-10-16-28/h5-10,13-20,29H,3-4,11-12,21-24H2,1-2H3,(H,35,37)(H,36,38). The molecule has 238 valence electrons. The maximum absolute atomic E-state index is 15.2. The average Bonchev–Trinajstić information content (AvgIpc) is 3.02. The number of ether oxygens (including phenoxy) is 2. The van der Waals surface area contributed by atoms with Crippen molar-refractivity contribution in [2.24, 2.45) is 0 Å². The van der Waals surface area contributed by atoms with E-state index in [9.17, 15) is 14.2 Å². The molecule has 0 saturated heterocycles. The van der Waals surface area contributed by atoms with E-state index in [1.807, 2.05) is 48.5 Å². The van der Waals surface area contributed by atoms with E-state index in [0.29, 0.717) is 31.6 Å². The Bertz CT molecular complexity index is 1340. The van der Waals surface area contributed by atoms with Crippen molar-refractivity contribution in [3.8, 4) is 5.75 Å². The SMILES string of the molecule is CCOP(=O)(OCC)C(F)(F)c1ccc(CC(NC(=O)OCc2ccccc2)C(=O)NCCCCOc2ccccc2)cc1. The first kappa shape index (κ1) is 34.7. The lowest BCUT2D eigenvalue weighted by Gasteiger charge is -2.26. The van der Waals surface area contributed by atoms with Crippen molar-refractivity contribution < 1.29 is 41.5 Å². The summed E-state index contributed by atoms with van der Waals surface area (Å²) in [4.78, 5) is 25.7. The Hall–Kier alpha value is -3.79. The Morgan fingerprint density at radius 2 is 1.45 bits per heavy atom. The quantitative estimate of drug-likeness (QED) is 0.117. The van der Waals surface area contributed by atoms with Gasteiger partial charge >= 0.3 is 19.4 Å². The van der Waals surface area contributed by atoms with Gasteiger partial charge < -0.3 is 29.2 Å². The highest BCUT2D eigenvalue weighted by Gasteiger charge is 2.54. The van der Waals surface area contributed by atoms with E-state index in [2.05, 4.69) is 10.6 Å². The number of para-hydroxylation sites is 1. The van der Waals surface area contributed by atoms with Crippen LogP contribution in [0, 0.1) is 0 Å². The molecule has 0 bridgehead atoms. The number of unbranched alkanes of at least 4 members (excludes halogenated alkanes) is 1. The first-order chi connectivity index (χ1) is 21.2. The molecule has 12 heteroatoms. The maximum atomic E-state index is 15.2. The van der Waals surface area contributed by atoms with Gasteiger partial charge in [-0.05, 0) is 49.9 Å². The lowest BCUT2D eigenvalue weighted by molar-refractivity contribution is -0.123. The molecule has 0 aromatic heterocycles. The Kier molecular flexibility index (Phi) is 13.8. The summed E-state index contributed by atoms with van der Waals surface area (Å²) < 4.78 is 63.8. The molecule has 0 radical (unpaired) electrons. The van der Waals surface area contributed by atoms with E-state index in [0.717, 1.165) is 23.4 Å². The van der Waals surface area contributed by atoms with Crippen molar-refractivity contribution in [1.82, 2.24) is 10.6 Å². The summed E-state index contributed by atoms with van der Waals surface area (Å²) in [6.07, 6.45) is 0.509. The molecule has 0 aliphatic carbocycles. The summed E-state index contributed by atoms with van der Waals surface area (Å²) in [6, 6.07) is 22.4. The van der Waals surface area contributed by atoms with Gasteiger partial charge in [-0.2, -0.15) is 8.78 Å². The smallest absolute Gasteiger partial charge is 0.408 e. The van der Waals surface area contributed by atoms with Gasteiger partial charge in [0.25, 0.3) is 0 Å². The zero-order valence-electron chi connectivity index (χ0n) is 24.9. The summed E-state index contributed by atoms with van der Waals surface area (Å²) in [7, 11) is -4.77. The van der Waals surface area contributed by atoms with Crippen molar-refractivity contribution in [3.05, 3.63) is 102 Å². The van der Waals surface area contributed by atoms with Gasteiger partial charge in [-0.25, -0.2) is 4.79 Å². The Balaban J connectivity index is 1.63. The molecule has 9 nitrogen and oxygen atoms in total. The monoisotopic (exact) mass is 632 g/mol. The van der Waals surface area contributed by atoms with Crippen LogP contribution in [0.4, 0.5) is 13.6 Å². The minimum Gasteiger partial charge on any atom is -0.494 e. The summed E-state index contributed by atoms with van der Waals surface area (Å²) in [5.41, 5.74) is -3.19. The predicted molar refractivity (Wildman–Crippen MR) is 163 cm³/mol. The van der Waals surface area contributed by atoms with Crippen LogP contribution in [-0.4, -0.2) is 44.4 Å². The molecule has 1 atom stereocenters. The fraction of sp³-hybridized carbons (Fsp3) is 0.375. The molecular formula is C32H39F2N2O7P. The number of hydrogen-bond donors (Lipinski definition) is 2. The van der Waals surface area contributed by atoms with Crippen LogP contribution in [0.15, 0.2) is 84.9 Å². The molecule has 44 heavy (non-hydrogen) atoms. The first-order valence-electron chi connectivity index (χ1n) is 14.5. The molecular weight excluding hydrogens is 593 g/mol. The van der Waals surface area contributed by atoms with Gasteiger partial charge in [-0.3, -0.25) is 9.36 Å². The van der Waals surface area contributed by atoms with Crippen LogP contribution in [0.1, 0.15) is 43.4 Å². The number of amides is 2. The summed E-state index contributed by atoms with van der Waals surface area (Å²) >= 11 is 0. The zero-order chi connectivity index (χ0) is 31.8. The average molecular weight is 633 g/mol. The second kappa shape index (κ2) is 17.5. The third-order valence-electron chi connectivity index (χ3n) is 6.39. The van der Waals surface area contributed by atoms with E-state index < -0.39 is 36.9 Å². The van der Waals surface area contributed by atoms with Crippen LogP contribution in [0.2, 0.25) is 0 Å². The molecule has 0 fully saturated rings. The Morgan fingerprint density at radius 3 is 2.07 bits per heavy atom. The fourth-order valence-corrected chi connectivity index (χ4v) is 5.70. The number of rotatable bonds is 18. The fourth-order valence-electron chi connectivity index (χ4n) is 4.16.